The Kier molecular flexibility index (Phi) is 5.31. The fourth-order valence-electron chi connectivity index (χ4n) is 2.88. The maximum Gasteiger partial charge on any atom is 0.293 e. The van der Waals surface area contributed by atoms with E-state index in [0.29, 0.717) is 10.7 Å². The standard InChI is InChI=1S/C20H16N6O3S/c1-25-10-9-21-19(25)18(27)14-7-8-15(16(11-14)26(28)29)22-12-17-23-24-20(30-17)13-5-3-2-4-6-13/h2-11,22H,12H2,1H3. The van der Waals surface area contributed by atoms with Crippen molar-refractivity contribution in [1.29, 1.82) is 0 Å². The van der Waals surface area contributed by atoms with E-state index in [2.05, 4.69) is 20.5 Å². The monoisotopic (exact) mass is 420 g/mol. The SMILES string of the molecule is Cn1ccnc1C(=O)c1ccc(NCc2nnc(-c3ccccc3)s2)c([N+](=O)[O-])c1. The molecule has 0 atom stereocenters. The van der Waals surface area contributed by atoms with Crippen molar-refractivity contribution in [3.05, 3.63) is 87.4 Å². The van der Waals surface area contributed by atoms with Gasteiger partial charge in [-0.25, -0.2) is 4.98 Å². The summed E-state index contributed by atoms with van der Waals surface area (Å²) in [4.78, 5) is 27.6. The summed E-state index contributed by atoms with van der Waals surface area (Å²) in [5.74, 6) is -0.166. The second-order valence-corrected chi connectivity index (χ2v) is 7.46. The number of nitro groups is 1. The van der Waals surface area contributed by atoms with E-state index in [1.54, 1.807) is 23.9 Å². The maximum atomic E-state index is 12.6. The van der Waals surface area contributed by atoms with Crippen LogP contribution in [0.3, 0.4) is 0 Å². The van der Waals surface area contributed by atoms with Crippen LogP contribution in [-0.2, 0) is 13.6 Å². The molecule has 0 aliphatic heterocycles. The molecule has 9 nitrogen and oxygen atoms in total. The summed E-state index contributed by atoms with van der Waals surface area (Å²) in [7, 11) is 1.69. The summed E-state index contributed by atoms with van der Waals surface area (Å²) >= 11 is 1.41. The zero-order valence-electron chi connectivity index (χ0n) is 15.8. The van der Waals surface area contributed by atoms with E-state index in [1.807, 2.05) is 30.3 Å². The topological polar surface area (TPSA) is 116 Å². The van der Waals surface area contributed by atoms with Crippen LogP contribution in [0.25, 0.3) is 10.6 Å². The first-order chi connectivity index (χ1) is 14.5. The summed E-state index contributed by atoms with van der Waals surface area (Å²) in [6.45, 7) is 0.276. The normalized spacial score (nSPS) is 10.7. The molecule has 1 N–H and O–H groups in total. The minimum atomic E-state index is -0.521. The van der Waals surface area contributed by atoms with Crippen molar-refractivity contribution in [3.8, 4) is 10.6 Å². The van der Waals surface area contributed by atoms with Gasteiger partial charge in [0.25, 0.3) is 5.69 Å². The van der Waals surface area contributed by atoms with Gasteiger partial charge in [-0.3, -0.25) is 14.9 Å². The highest BCUT2D eigenvalue weighted by atomic mass is 32.1. The largest absolute Gasteiger partial charge is 0.373 e. The number of nitro benzene ring substituents is 1. The molecule has 30 heavy (non-hydrogen) atoms. The van der Waals surface area contributed by atoms with Crippen LogP contribution in [0.2, 0.25) is 0 Å². The fraction of sp³-hybridized carbons (Fsp3) is 0.100. The number of nitrogens with one attached hydrogen (secondary N) is 1. The van der Waals surface area contributed by atoms with E-state index < -0.39 is 4.92 Å². The number of ketones is 1. The molecule has 150 valence electrons. The number of carbonyl (C=O) groups excluding carboxylic acids is 1. The summed E-state index contributed by atoms with van der Waals surface area (Å²) in [6.07, 6.45) is 3.15. The number of nitrogens with zero attached hydrogens (tertiary/aromatic N) is 5. The van der Waals surface area contributed by atoms with Gasteiger partial charge in [-0.05, 0) is 12.1 Å². The Morgan fingerprint density at radius 3 is 2.70 bits per heavy atom. The number of hydrogen-bond donors (Lipinski definition) is 1. The Hall–Kier alpha value is -3.92. The van der Waals surface area contributed by atoms with E-state index in [1.165, 1.54) is 29.7 Å². The van der Waals surface area contributed by atoms with Crippen molar-refractivity contribution in [2.45, 2.75) is 6.54 Å². The summed E-state index contributed by atoms with van der Waals surface area (Å²) < 4.78 is 1.57. The van der Waals surface area contributed by atoms with Crippen molar-refractivity contribution in [2.75, 3.05) is 5.32 Å². The Bertz CT molecular complexity index is 1220. The molecule has 2 aromatic heterocycles. The van der Waals surface area contributed by atoms with E-state index in [9.17, 15) is 14.9 Å². The van der Waals surface area contributed by atoms with Gasteiger partial charge in [0.15, 0.2) is 5.82 Å². The molecule has 10 heteroatoms. The van der Waals surface area contributed by atoms with E-state index >= 15 is 0 Å². The third kappa shape index (κ3) is 3.94. The van der Waals surface area contributed by atoms with Gasteiger partial charge in [0.05, 0.1) is 11.5 Å². The second kappa shape index (κ2) is 8.21. The first kappa shape index (κ1) is 19.4. The lowest BCUT2D eigenvalue weighted by Gasteiger charge is -2.07. The van der Waals surface area contributed by atoms with Gasteiger partial charge >= 0.3 is 0 Å². The molecule has 0 unspecified atom stereocenters. The molecule has 0 bridgehead atoms. The smallest absolute Gasteiger partial charge is 0.293 e. The van der Waals surface area contributed by atoms with Gasteiger partial charge in [0, 0.05) is 36.6 Å². The minimum absolute atomic E-state index is 0.192. The summed E-state index contributed by atoms with van der Waals surface area (Å²) in [6, 6.07) is 14.0. The number of rotatable bonds is 7. The third-order valence-corrected chi connectivity index (χ3v) is 5.37. The number of aromatic nitrogens is 4. The number of hydrogen-bond acceptors (Lipinski definition) is 8. The molecule has 2 aromatic carbocycles. The highest BCUT2D eigenvalue weighted by Gasteiger charge is 2.20. The fourth-order valence-corrected chi connectivity index (χ4v) is 3.66. The van der Waals surface area contributed by atoms with Crippen molar-refractivity contribution in [1.82, 2.24) is 19.7 Å². The van der Waals surface area contributed by atoms with Crippen molar-refractivity contribution in [2.24, 2.45) is 7.05 Å². The molecule has 0 aliphatic rings. The van der Waals surface area contributed by atoms with Crippen LogP contribution in [0.1, 0.15) is 21.2 Å². The highest BCUT2D eigenvalue weighted by Crippen LogP contribution is 2.28. The average Bonchev–Trinajstić information content (AvgIpc) is 3.41. The van der Waals surface area contributed by atoms with Gasteiger partial charge in [0.1, 0.15) is 15.7 Å². The van der Waals surface area contributed by atoms with E-state index in [-0.39, 0.29) is 29.4 Å². The van der Waals surface area contributed by atoms with Crippen LogP contribution in [0.5, 0.6) is 0 Å². The highest BCUT2D eigenvalue weighted by molar-refractivity contribution is 7.14. The Labute approximate surface area is 175 Å². The van der Waals surface area contributed by atoms with E-state index in [4.69, 9.17) is 0 Å². The lowest BCUT2D eigenvalue weighted by atomic mass is 10.1. The molecule has 0 saturated heterocycles. The zero-order valence-corrected chi connectivity index (χ0v) is 16.7. The zero-order chi connectivity index (χ0) is 21.1. The predicted molar refractivity (Wildman–Crippen MR) is 112 cm³/mol. The van der Waals surface area contributed by atoms with Crippen LogP contribution in [0.4, 0.5) is 11.4 Å². The lowest BCUT2D eigenvalue weighted by molar-refractivity contribution is -0.384. The second-order valence-electron chi connectivity index (χ2n) is 6.40. The molecular formula is C20H16N6O3S. The van der Waals surface area contributed by atoms with Gasteiger partial charge in [-0.1, -0.05) is 41.7 Å². The third-order valence-electron chi connectivity index (χ3n) is 4.40. The number of benzene rings is 2. The lowest BCUT2D eigenvalue weighted by Crippen LogP contribution is -2.10. The first-order valence-corrected chi connectivity index (χ1v) is 9.76. The number of carbonyl (C=O) groups is 1. The summed E-state index contributed by atoms with van der Waals surface area (Å²) in [5.41, 5.74) is 1.27. The molecule has 0 radical (unpaired) electrons. The summed E-state index contributed by atoms with van der Waals surface area (Å²) in [5, 5.41) is 24.4. The number of anilines is 1. The van der Waals surface area contributed by atoms with Crippen molar-refractivity contribution >= 4 is 28.5 Å². The molecule has 0 aliphatic carbocycles. The van der Waals surface area contributed by atoms with Crippen LogP contribution in [0, 0.1) is 10.1 Å². The van der Waals surface area contributed by atoms with Gasteiger partial charge in [-0.2, -0.15) is 0 Å². The van der Waals surface area contributed by atoms with Gasteiger partial charge in [-0.15, -0.1) is 10.2 Å². The number of imidazole rings is 1. The average molecular weight is 420 g/mol. The Balaban J connectivity index is 1.53. The first-order valence-electron chi connectivity index (χ1n) is 8.95. The van der Waals surface area contributed by atoms with Crippen molar-refractivity contribution < 1.29 is 9.72 Å². The van der Waals surface area contributed by atoms with E-state index in [0.717, 1.165) is 10.6 Å². The molecule has 0 amide bonds. The molecule has 2 heterocycles. The van der Waals surface area contributed by atoms with Gasteiger partial charge < -0.3 is 9.88 Å². The Morgan fingerprint density at radius 1 is 1.20 bits per heavy atom. The van der Waals surface area contributed by atoms with Crippen LogP contribution < -0.4 is 5.32 Å². The molecule has 4 rings (SSSR count). The van der Waals surface area contributed by atoms with Crippen LogP contribution in [-0.4, -0.2) is 30.5 Å². The van der Waals surface area contributed by atoms with Crippen LogP contribution in [0.15, 0.2) is 60.9 Å². The number of aryl methyl sites for hydroxylation is 1. The molecule has 0 saturated carbocycles. The molecular weight excluding hydrogens is 404 g/mol. The molecule has 4 aromatic rings. The molecule has 0 spiro atoms. The van der Waals surface area contributed by atoms with Crippen molar-refractivity contribution in [3.63, 3.8) is 0 Å². The van der Waals surface area contributed by atoms with Gasteiger partial charge in [0.2, 0.25) is 5.78 Å². The van der Waals surface area contributed by atoms with Crippen LogP contribution >= 0.6 is 11.3 Å². The maximum absolute atomic E-state index is 12.6. The molecule has 0 fully saturated rings. The predicted octanol–water partition coefficient (Wildman–Crippen LogP) is 3.69. The quantitative estimate of drug-likeness (QED) is 0.275. The Morgan fingerprint density at radius 2 is 2.00 bits per heavy atom. The minimum Gasteiger partial charge on any atom is -0.373 e.